The molecule has 2 aromatic rings. The summed E-state index contributed by atoms with van der Waals surface area (Å²) in [6.07, 6.45) is 3.59. The van der Waals surface area contributed by atoms with Crippen LogP contribution >= 0.6 is 0 Å². The molecule has 0 fully saturated rings. The van der Waals surface area contributed by atoms with E-state index in [0.29, 0.717) is 18.7 Å². The maximum atomic E-state index is 13.0. The molecule has 1 aromatic heterocycles. The Labute approximate surface area is 135 Å². The van der Waals surface area contributed by atoms with Gasteiger partial charge in [0, 0.05) is 17.8 Å². The van der Waals surface area contributed by atoms with Gasteiger partial charge in [-0.1, -0.05) is 37.6 Å². The third-order valence-electron chi connectivity index (χ3n) is 4.61. The highest BCUT2D eigenvalue weighted by atomic mass is 16.4. The van der Waals surface area contributed by atoms with Gasteiger partial charge in [-0.15, -0.1) is 0 Å². The molecule has 1 aliphatic rings. The molecule has 0 spiro atoms. The second-order valence-corrected chi connectivity index (χ2v) is 6.06. The van der Waals surface area contributed by atoms with E-state index in [4.69, 9.17) is 0 Å². The number of carboxylic acid groups (broad SMARTS) is 1. The summed E-state index contributed by atoms with van der Waals surface area (Å²) in [4.78, 5) is 24.2. The van der Waals surface area contributed by atoms with Crippen LogP contribution in [0, 0.1) is 0 Å². The molecule has 3 rings (SSSR count). The van der Waals surface area contributed by atoms with Gasteiger partial charge in [0.2, 0.25) is 5.78 Å². The van der Waals surface area contributed by atoms with Gasteiger partial charge < -0.3 is 9.67 Å². The number of rotatable bonds is 6. The van der Waals surface area contributed by atoms with Crippen LogP contribution in [-0.2, 0) is 17.8 Å². The number of aliphatic carboxylic acids is 1. The van der Waals surface area contributed by atoms with Crippen LogP contribution in [-0.4, -0.2) is 21.4 Å². The SMILES string of the molecule is CCCCc1ccccc1C(=O)c1ccc2n1CCC2C(=O)O. The fraction of sp³-hybridized carbons (Fsp3) is 0.368. The smallest absolute Gasteiger partial charge is 0.312 e. The van der Waals surface area contributed by atoms with Gasteiger partial charge in [0.05, 0.1) is 11.6 Å². The van der Waals surface area contributed by atoms with E-state index >= 15 is 0 Å². The van der Waals surface area contributed by atoms with Crippen LogP contribution in [0.2, 0.25) is 0 Å². The fourth-order valence-electron chi connectivity index (χ4n) is 3.36. The summed E-state index contributed by atoms with van der Waals surface area (Å²) in [6.45, 7) is 2.73. The van der Waals surface area contributed by atoms with Gasteiger partial charge in [-0.05, 0) is 37.0 Å². The first-order valence-corrected chi connectivity index (χ1v) is 8.18. The molecule has 23 heavy (non-hydrogen) atoms. The minimum absolute atomic E-state index is 0.00556. The summed E-state index contributed by atoms with van der Waals surface area (Å²) >= 11 is 0. The third kappa shape index (κ3) is 2.81. The lowest BCUT2D eigenvalue weighted by Gasteiger charge is -2.10. The van der Waals surface area contributed by atoms with E-state index in [1.54, 1.807) is 12.1 Å². The molecule has 0 aliphatic carbocycles. The van der Waals surface area contributed by atoms with E-state index in [2.05, 4.69) is 6.92 Å². The van der Waals surface area contributed by atoms with Crippen molar-refractivity contribution in [1.29, 1.82) is 0 Å². The summed E-state index contributed by atoms with van der Waals surface area (Å²) in [6, 6.07) is 11.3. The largest absolute Gasteiger partial charge is 0.481 e. The summed E-state index contributed by atoms with van der Waals surface area (Å²) in [5, 5.41) is 9.27. The Morgan fingerprint density at radius 1 is 1.22 bits per heavy atom. The van der Waals surface area contributed by atoms with Crippen LogP contribution < -0.4 is 0 Å². The minimum Gasteiger partial charge on any atom is -0.481 e. The Morgan fingerprint density at radius 3 is 2.74 bits per heavy atom. The predicted molar refractivity (Wildman–Crippen MR) is 87.9 cm³/mol. The van der Waals surface area contributed by atoms with Gasteiger partial charge in [-0.2, -0.15) is 0 Å². The second-order valence-electron chi connectivity index (χ2n) is 6.06. The van der Waals surface area contributed by atoms with Crippen molar-refractivity contribution in [2.45, 2.75) is 45.1 Å². The first kappa shape index (κ1) is 15.5. The molecule has 0 saturated heterocycles. The number of hydrogen-bond acceptors (Lipinski definition) is 2. The minimum atomic E-state index is -0.816. The quantitative estimate of drug-likeness (QED) is 0.829. The molecule has 1 unspecified atom stereocenters. The van der Waals surface area contributed by atoms with E-state index in [0.717, 1.165) is 36.1 Å². The number of nitrogens with zero attached hydrogens (tertiary/aromatic N) is 1. The van der Waals surface area contributed by atoms with Crippen molar-refractivity contribution < 1.29 is 14.7 Å². The van der Waals surface area contributed by atoms with Crippen LogP contribution in [0.1, 0.15) is 59.4 Å². The molecule has 0 radical (unpaired) electrons. The number of fused-ring (bicyclic) bond motifs is 1. The van der Waals surface area contributed by atoms with E-state index < -0.39 is 11.9 Å². The number of ketones is 1. The lowest BCUT2D eigenvalue weighted by Crippen LogP contribution is -2.11. The summed E-state index contributed by atoms with van der Waals surface area (Å²) in [5.41, 5.74) is 3.16. The highest BCUT2D eigenvalue weighted by Crippen LogP contribution is 2.31. The van der Waals surface area contributed by atoms with Gasteiger partial charge in [-0.3, -0.25) is 9.59 Å². The maximum Gasteiger partial charge on any atom is 0.312 e. The molecule has 1 aliphatic heterocycles. The molecule has 4 heteroatoms. The van der Waals surface area contributed by atoms with Crippen LogP contribution in [0.4, 0.5) is 0 Å². The van der Waals surface area contributed by atoms with Crippen molar-refractivity contribution >= 4 is 11.8 Å². The third-order valence-corrected chi connectivity index (χ3v) is 4.61. The van der Waals surface area contributed by atoms with Gasteiger partial charge in [-0.25, -0.2) is 0 Å². The van der Waals surface area contributed by atoms with Crippen molar-refractivity contribution in [3.8, 4) is 0 Å². The van der Waals surface area contributed by atoms with E-state index in [1.807, 2.05) is 28.8 Å². The van der Waals surface area contributed by atoms with Crippen molar-refractivity contribution in [2.75, 3.05) is 0 Å². The fourth-order valence-corrected chi connectivity index (χ4v) is 3.36. The zero-order chi connectivity index (χ0) is 16.4. The summed E-state index contributed by atoms with van der Waals surface area (Å²) in [7, 11) is 0. The standard InChI is InChI=1S/C19H21NO3/c1-2-3-6-13-7-4-5-8-14(13)18(21)17-10-9-16-15(19(22)23)11-12-20(16)17/h4-5,7-10,15H,2-3,6,11-12H2,1H3,(H,22,23). The molecule has 4 nitrogen and oxygen atoms in total. The number of aryl methyl sites for hydroxylation is 1. The molecule has 2 heterocycles. The van der Waals surface area contributed by atoms with Crippen LogP contribution in [0.15, 0.2) is 36.4 Å². The Balaban J connectivity index is 1.94. The first-order valence-electron chi connectivity index (χ1n) is 8.18. The molecule has 1 N–H and O–H groups in total. The van der Waals surface area contributed by atoms with Crippen molar-refractivity contribution in [2.24, 2.45) is 0 Å². The van der Waals surface area contributed by atoms with Crippen LogP contribution in [0.25, 0.3) is 0 Å². The highest BCUT2D eigenvalue weighted by Gasteiger charge is 2.31. The van der Waals surface area contributed by atoms with Gasteiger partial charge in [0.15, 0.2) is 0 Å². The average molecular weight is 311 g/mol. The lowest BCUT2D eigenvalue weighted by atomic mass is 9.97. The molecule has 0 saturated carbocycles. The van der Waals surface area contributed by atoms with Crippen LogP contribution in [0.3, 0.4) is 0 Å². The number of carbonyl (C=O) groups excluding carboxylic acids is 1. The van der Waals surface area contributed by atoms with Gasteiger partial charge in [0.1, 0.15) is 0 Å². The number of carboxylic acids is 1. The van der Waals surface area contributed by atoms with E-state index in [1.165, 1.54) is 0 Å². The average Bonchev–Trinajstić information content (AvgIpc) is 3.14. The monoisotopic (exact) mass is 311 g/mol. The first-order chi connectivity index (χ1) is 11.1. The molecule has 0 amide bonds. The van der Waals surface area contributed by atoms with E-state index in [9.17, 15) is 14.7 Å². The molecule has 1 atom stereocenters. The number of carbonyl (C=O) groups is 2. The summed E-state index contributed by atoms with van der Waals surface area (Å²) < 4.78 is 1.87. The topological polar surface area (TPSA) is 59.3 Å². The molecular weight excluding hydrogens is 290 g/mol. The maximum absolute atomic E-state index is 13.0. The Bertz CT molecular complexity index is 745. The summed E-state index contributed by atoms with van der Waals surface area (Å²) in [5.74, 6) is -1.31. The number of aromatic nitrogens is 1. The normalized spacial score (nSPS) is 16.3. The van der Waals surface area contributed by atoms with Gasteiger partial charge in [0.25, 0.3) is 0 Å². The predicted octanol–water partition coefficient (Wildman–Crippen LogP) is 3.63. The number of benzene rings is 1. The zero-order valence-corrected chi connectivity index (χ0v) is 13.3. The van der Waals surface area contributed by atoms with Crippen molar-refractivity contribution in [1.82, 2.24) is 4.57 Å². The zero-order valence-electron chi connectivity index (χ0n) is 13.3. The second kappa shape index (κ2) is 6.41. The lowest BCUT2D eigenvalue weighted by molar-refractivity contribution is -0.138. The van der Waals surface area contributed by atoms with Crippen molar-refractivity contribution in [3.63, 3.8) is 0 Å². The highest BCUT2D eigenvalue weighted by molar-refractivity contribution is 6.09. The van der Waals surface area contributed by atoms with Crippen LogP contribution in [0.5, 0.6) is 0 Å². The van der Waals surface area contributed by atoms with Crippen molar-refractivity contribution in [3.05, 3.63) is 58.9 Å². The van der Waals surface area contributed by atoms with E-state index in [-0.39, 0.29) is 5.78 Å². The number of hydrogen-bond donors (Lipinski definition) is 1. The Morgan fingerprint density at radius 2 is 2.00 bits per heavy atom. The Kier molecular flexibility index (Phi) is 4.33. The Hall–Kier alpha value is -2.36. The molecule has 1 aromatic carbocycles. The molecule has 120 valence electrons. The molecular formula is C19H21NO3. The van der Waals surface area contributed by atoms with Gasteiger partial charge >= 0.3 is 5.97 Å². The molecule has 0 bridgehead atoms. The number of unbranched alkanes of at least 4 members (excludes halogenated alkanes) is 1.